The molecule has 30 aliphatic heterocycles. The van der Waals surface area contributed by atoms with Crippen molar-refractivity contribution >= 4 is 131 Å². The molecule has 0 spiro atoms. The molecule has 0 amide bonds. The van der Waals surface area contributed by atoms with E-state index in [9.17, 15) is 121 Å². The molecule has 48 nitrogen and oxygen atoms in total. The Balaban J connectivity index is -0.00000413. The van der Waals surface area contributed by atoms with Gasteiger partial charge in [-0.1, -0.05) is 6.42 Å². The topological polar surface area (TPSA) is 768 Å². The number of carboxylic acids is 4. The maximum Gasteiger partial charge on any atom is 1.00 e. The van der Waals surface area contributed by atoms with Crippen molar-refractivity contribution in [3.8, 4) is 0 Å². The Morgan fingerprint density at radius 1 is 0.243 bits per heavy atom. The quantitative estimate of drug-likeness (QED) is 0.0169. The van der Waals surface area contributed by atoms with Gasteiger partial charge in [0.25, 0.3) is 0 Å². The van der Waals surface area contributed by atoms with Crippen molar-refractivity contribution in [1.29, 1.82) is 0 Å². The first kappa shape index (κ1) is 147. The van der Waals surface area contributed by atoms with Gasteiger partial charge < -0.3 is 225 Å². The summed E-state index contributed by atoms with van der Waals surface area (Å²) in [6, 6.07) is 0. The standard InChI is InChI=1S/C69H110O40S7.4CO2.8Na/c1-5-16-116-69-60-44(85)52(93)68(109-69)101-53-26(11-9-10-12-33(70)71)94-61(45(86)37(53)78)102-57-30(23-113-17-13-34(72)73)98-65(48(89)40(57)81)106-59-32(25-115-19-15-36(76)77)100-66(50(91)42(59)83)107-58-31(24-114-18-14-35(74)75)99-64(49(90)41(58)82)105-55-28(21-111-7-3)96-62(47(88)39(55)80)103-54-27(20-110-6-2)95-63(46(87)38(54)79)104-56-29(22-112-8-4)97-67(108-60)51(92)43(56)84;4*2-1-3;;;;;;;;/h26-32,37-69,78-93H,1-25H2,(H,70,71)(H,72,73)(H,74,75)(H,76,77);;;;;;;;;;;;/q-4;;;;;8*+1/p-4/t26?,27?,28?,29?,30?,31?,32?,37-,38-,39-,40-,41-,42-,43-,44-,45?,46?,47?,48?,49?,50?,51?,52?,53-,54+,55-,56+,57-,58-,59-,60+,61+,62+,63-,64+,65-,66+,67-,68+,69?;;;;;;;;;;;;/m1............/s1. The predicted octanol–water partition coefficient (Wildman–Crippen LogP) is -37.1. The first-order valence-corrected chi connectivity index (χ1v) is 47.3. The molecule has 30 aliphatic rings. The molecule has 30 saturated heterocycles. The molecule has 16 N–H and O–H groups in total. The second-order valence-electron chi connectivity index (χ2n) is 28.8. The number of carboxylic acid groups (broad SMARTS) is 4. The molecule has 0 saturated carbocycles. The van der Waals surface area contributed by atoms with Gasteiger partial charge in [0.2, 0.25) is 0 Å². The van der Waals surface area contributed by atoms with E-state index >= 15 is 0 Å². The number of hydrogen-bond acceptors (Lipinski definition) is 55. The first-order chi connectivity index (χ1) is 61.0. The number of aliphatic carboxylic acids is 4. The molecular weight excluding hydrogens is 2050 g/mol. The van der Waals surface area contributed by atoms with Crippen molar-refractivity contribution in [2.45, 2.75) is 296 Å². The SMILES string of the molecule is O=C=O.O=C=O.O=C=O.O=C=O.[CH2-]CCSC1O[C@@H]2O[C@@H]3C(CCCCC(=O)[O-])O[C@@H](O[C@@H]4C(CSCCC(=O)[O-])O[C@H](O[C@@H]5C(CSCCC(=O)[O-])O[C@@H](O[C@@H]6C(CSCCC(=O)[O-])O[C@@H](O[C@@H]7C(CSC[CH2-])O[C@@H](O[C@H]8C(CSC[CH2-])O[C@H](O[C@H]9C(CSC[CH2-])O[C@H](O[C@H]1[C@H](O)C2O)C(O)[C@H]9O)C(O)[C@H]8O)C(O)[C@H]7O)C(O)[C@H]6O)C(O)[C@H]5O)C(O)[C@H]4O)C(O)[C@H]3O.[Na+].[Na+].[Na+].[Na+].[Na+].[Na+].[Na+].[Na+]. The third kappa shape index (κ3) is 45.3. The number of hydrogen-bond donors (Lipinski definition) is 16. The average Bonchev–Trinajstić information content (AvgIpc) is 0.768. The van der Waals surface area contributed by atoms with E-state index in [1.807, 2.05) is 0 Å². The van der Waals surface area contributed by atoms with Gasteiger partial charge in [0, 0.05) is 58.4 Å². The molecule has 16 bridgehead atoms. The van der Waals surface area contributed by atoms with Crippen molar-refractivity contribution in [3.05, 3.63) is 27.7 Å². The summed E-state index contributed by atoms with van der Waals surface area (Å²) >= 11 is 7.10. The second kappa shape index (κ2) is 78.7. The molecule has 0 aromatic carbocycles. The Kier molecular flexibility index (Phi) is 84.9. The summed E-state index contributed by atoms with van der Waals surface area (Å²) in [5, 5.41) is 240. The molecule has 63 heteroatoms. The van der Waals surface area contributed by atoms with Gasteiger partial charge >= 0.3 is 261 Å². The number of carbonyl (C=O) groups is 4. The van der Waals surface area contributed by atoms with Crippen LogP contribution in [0.5, 0.6) is 0 Å². The minimum Gasteiger partial charge on any atom is -0.550 e. The van der Waals surface area contributed by atoms with Gasteiger partial charge in [0.1, 0.15) is 152 Å². The molecular formula is C73H106Na8O48S7. The van der Waals surface area contributed by atoms with Crippen LogP contribution < -0.4 is 257 Å². The largest absolute Gasteiger partial charge is 1.00 e. The zero-order valence-corrected chi connectivity index (χ0v) is 97.6. The third-order valence-electron chi connectivity index (χ3n) is 20.3. The number of aliphatic hydroxyl groups excluding tert-OH is 16. The number of unbranched alkanes of at least 4 members (excludes halogenated alkanes) is 1. The number of thioether (sulfide) groups is 7. The van der Waals surface area contributed by atoms with Gasteiger partial charge in [-0.05, 0) is 61.5 Å². The van der Waals surface area contributed by atoms with Crippen LogP contribution in [0.4, 0.5) is 0 Å². The van der Waals surface area contributed by atoms with E-state index in [0.29, 0.717) is 0 Å². The normalized spacial score (nSPS) is 38.4. The summed E-state index contributed by atoms with van der Waals surface area (Å²) in [5.41, 5.74) is -1.41. The zero-order chi connectivity index (χ0) is 95.3. The second-order valence-corrected chi connectivity index (χ2v) is 36.9. The van der Waals surface area contributed by atoms with E-state index in [0.717, 1.165) is 82.3 Å². The molecule has 0 aromatic heterocycles. The van der Waals surface area contributed by atoms with Gasteiger partial charge in [-0.15, -0.1) is 29.0 Å². The third-order valence-corrected chi connectivity index (χ3v) is 27.3. The fraction of sp³-hybridized carbons (Fsp3) is 0.836. The van der Waals surface area contributed by atoms with E-state index < -0.39 is 295 Å². The van der Waals surface area contributed by atoms with Crippen LogP contribution in [0.25, 0.3) is 0 Å². The van der Waals surface area contributed by atoms with Crippen LogP contribution in [0.15, 0.2) is 0 Å². The van der Waals surface area contributed by atoms with Crippen LogP contribution in [0.1, 0.15) is 51.4 Å². The van der Waals surface area contributed by atoms with Gasteiger partial charge in [0.05, 0.1) is 42.7 Å². The van der Waals surface area contributed by atoms with Crippen LogP contribution in [-0.4, -0.2) is 450 Å². The maximum atomic E-state index is 12.2. The van der Waals surface area contributed by atoms with E-state index in [1.54, 1.807) is 0 Å². The van der Waals surface area contributed by atoms with Crippen LogP contribution >= 0.6 is 82.3 Å². The van der Waals surface area contributed by atoms with E-state index in [2.05, 4.69) is 27.7 Å². The number of aliphatic hydroxyl groups is 16. The molecule has 0 aliphatic carbocycles. The summed E-state index contributed by atoms with van der Waals surface area (Å²) in [4.78, 5) is 111. The van der Waals surface area contributed by atoms with E-state index in [-0.39, 0.29) is 362 Å². The smallest absolute Gasteiger partial charge is 0.550 e. The maximum absolute atomic E-state index is 12.2. The van der Waals surface area contributed by atoms with Crippen molar-refractivity contribution in [2.24, 2.45) is 0 Å². The minimum absolute atomic E-state index is 0. The molecule has 0 aromatic rings. The summed E-state index contributed by atoms with van der Waals surface area (Å²) in [6.07, 6.45) is -75.7. The Labute approximate surface area is 988 Å². The predicted molar refractivity (Wildman–Crippen MR) is 419 cm³/mol. The Hall–Kier alpha value is 4.57. The molecule has 40 atom stereocenters. The van der Waals surface area contributed by atoms with Gasteiger partial charge in [-0.3, -0.25) is 0 Å². The van der Waals surface area contributed by atoms with Crippen molar-refractivity contribution in [2.75, 3.05) is 74.8 Å². The molecule has 736 valence electrons. The average molecular weight is 2160 g/mol. The molecule has 30 fully saturated rings. The van der Waals surface area contributed by atoms with E-state index in [4.69, 9.17) is 114 Å². The van der Waals surface area contributed by atoms with Crippen molar-refractivity contribution in [1.82, 2.24) is 0 Å². The molecule has 30 rings (SSSR count). The fourth-order valence-corrected chi connectivity index (χ4v) is 20.2. The van der Waals surface area contributed by atoms with Crippen molar-refractivity contribution < 1.29 is 472 Å². The first-order valence-electron chi connectivity index (χ1n) is 39.4. The van der Waals surface area contributed by atoms with Gasteiger partial charge in [0.15, 0.2) is 50.3 Å². The monoisotopic (exact) mass is 2160 g/mol. The number of carbonyl (C=O) groups excluding carboxylic acids is 12. The summed E-state index contributed by atoms with van der Waals surface area (Å²) < 4.78 is 100. The molecule has 16 unspecified atom stereocenters. The molecule has 30 heterocycles. The van der Waals surface area contributed by atoms with Crippen LogP contribution in [-0.2, 0) is 133 Å². The van der Waals surface area contributed by atoms with Crippen LogP contribution in [0, 0.1) is 27.7 Å². The Bertz CT molecular complexity index is 3320. The number of ether oxygens (including phenoxy) is 16. The van der Waals surface area contributed by atoms with Crippen LogP contribution in [0.2, 0.25) is 0 Å². The Morgan fingerprint density at radius 2 is 0.426 bits per heavy atom. The minimum atomic E-state index is -2.27. The van der Waals surface area contributed by atoms with Gasteiger partial charge in [-0.2, -0.15) is 115 Å². The summed E-state index contributed by atoms with van der Waals surface area (Å²) in [7, 11) is 0. The molecule has 136 heavy (non-hydrogen) atoms. The van der Waals surface area contributed by atoms with Crippen LogP contribution in [0.3, 0.4) is 0 Å². The Morgan fingerprint density at radius 3 is 0.632 bits per heavy atom. The fourth-order valence-electron chi connectivity index (χ4n) is 14.3. The number of rotatable bonds is 32. The summed E-state index contributed by atoms with van der Waals surface area (Å²) in [6.45, 7) is 15.4. The van der Waals surface area contributed by atoms with E-state index in [1.165, 1.54) is 0 Å². The van der Waals surface area contributed by atoms with Crippen molar-refractivity contribution in [3.63, 3.8) is 0 Å². The van der Waals surface area contributed by atoms with Gasteiger partial charge in [-0.25, -0.2) is 0 Å². The zero-order valence-electron chi connectivity index (χ0n) is 75.8. The summed E-state index contributed by atoms with van der Waals surface area (Å²) in [5.74, 6) is -6.89. The molecule has 0 radical (unpaired) electrons.